The van der Waals surface area contributed by atoms with Gasteiger partial charge in [0.25, 0.3) is 0 Å². The normalized spacial score (nSPS) is 11.1. The monoisotopic (exact) mass is 211 g/mol. The first-order valence-corrected chi connectivity index (χ1v) is 6.46. The van der Waals surface area contributed by atoms with Gasteiger partial charge >= 0.3 is 0 Å². The van der Waals surface area contributed by atoms with Crippen LogP contribution in [-0.2, 0) is 0 Å². The summed E-state index contributed by atoms with van der Waals surface area (Å²) in [5.41, 5.74) is 1.32. The van der Waals surface area contributed by atoms with Gasteiger partial charge in [0, 0.05) is 17.8 Å². The van der Waals surface area contributed by atoms with Crippen molar-refractivity contribution in [2.75, 3.05) is 0 Å². The Morgan fingerprint density at radius 3 is 1.93 bits per heavy atom. The van der Waals surface area contributed by atoms with E-state index in [-0.39, 0.29) is 0 Å². The smallest absolute Gasteiger partial charge is 0.0233 e. The van der Waals surface area contributed by atoms with E-state index in [9.17, 15) is 0 Å². The van der Waals surface area contributed by atoms with Gasteiger partial charge in [0.05, 0.1) is 0 Å². The van der Waals surface area contributed by atoms with Crippen LogP contribution >= 0.6 is 0 Å². The van der Waals surface area contributed by atoms with Gasteiger partial charge < -0.3 is 4.90 Å². The van der Waals surface area contributed by atoms with Gasteiger partial charge in [0.2, 0.25) is 0 Å². The van der Waals surface area contributed by atoms with Crippen LogP contribution in [0.1, 0.15) is 66.7 Å². The average molecular weight is 211 g/mol. The summed E-state index contributed by atoms with van der Waals surface area (Å²) in [6, 6.07) is 1.15. The number of rotatable bonds is 8. The molecule has 0 radical (unpaired) electrons. The van der Waals surface area contributed by atoms with Gasteiger partial charge in [0.1, 0.15) is 0 Å². The van der Waals surface area contributed by atoms with Crippen LogP contribution in [0, 0.1) is 0 Å². The first-order chi connectivity index (χ1) is 7.00. The van der Waals surface area contributed by atoms with Crippen molar-refractivity contribution < 1.29 is 0 Å². The predicted octanol–water partition coefficient (Wildman–Crippen LogP) is 4.59. The van der Waals surface area contributed by atoms with E-state index >= 15 is 0 Å². The maximum absolute atomic E-state index is 4.22. The fourth-order valence-corrected chi connectivity index (χ4v) is 2.21. The predicted molar refractivity (Wildman–Crippen MR) is 70.0 cm³/mol. The molecule has 0 heterocycles. The van der Waals surface area contributed by atoms with Gasteiger partial charge in [-0.2, -0.15) is 0 Å². The van der Waals surface area contributed by atoms with E-state index in [1.807, 2.05) is 0 Å². The zero-order valence-corrected chi connectivity index (χ0v) is 11.3. The van der Waals surface area contributed by atoms with Gasteiger partial charge in [-0.1, -0.05) is 32.8 Å². The van der Waals surface area contributed by atoms with Crippen molar-refractivity contribution in [1.82, 2.24) is 4.90 Å². The fraction of sp³-hybridized carbons (Fsp3) is 0.857. The highest BCUT2D eigenvalue weighted by Crippen LogP contribution is 2.18. The van der Waals surface area contributed by atoms with Crippen LogP contribution in [0.25, 0.3) is 0 Å². The molecule has 0 amide bonds. The second kappa shape index (κ2) is 7.78. The van der Waals surface area contributed by atoms with Crippen LogP contribution in [0.4, 0.5) is 0 Å². The summed E-state index contributed by atoms with van der Waals surface area (Å²) >= 11 is 0. The Morgan fingerprint density at radius 2 is 1.53 bits per heavy atom. The molecule has 0 saturated heterocycles. The Labute approximate surface area is 96.6 Å². The largest absolute Gasteiger partial charge is 0.370 e. The second-order valence-corrected chi connectivity index (χ2v) is 4.97. The van der Waals surface area contributed by atoms with Crippen LogP contribution in [0.15, 0.2) is 12.3 Å². The third-order valence-corrected chi connectivity index (χ3v) is 2.80. The minimum Gasteiger partial charge on any atom is -0.370 e. The molecule has 0 atom stereocenters. The Kier molecular flexibility index (Phi) is 7.54. The first-order valence-electron chi connectivity index (χ1n) is 6.46. The molecule has 0 unspecified atom stereocenters. The fourth-order valence-electron chi connectivity index (χ4n) is 2.21. The van der Waals surface area contributed by atoms with E-state index in [2.05, 4.69) is 46.1 Å². The molecule has 15 heavy (non-hydrogen) atoms. The zero-order chi connectivity index (χ0) is 11.8. The van der Waals surface area contributed by atoms with Crippen LogP contribution in [0.2, 0.25) is 0 Å². The molecule has 0 fully saturated rings. The van der Waals surface area contributed by atoms with E-state index in [1.165, 1.54) is 31.4 Å². The molecule has 0 saturated carbocycles. The topological polar surface area (TPSA) is 3.24 Å². The molecule has 0 aliphatic carbocycles. The lowest BCUT2D eigenvalue weighted by Gasteiger charge is -2.34. The molecule has 0 aliphatic heterocycles. The average Bonchev–Trinajstić information content (AvgIpc) is 2.11. The van der Waals surface area contributed by atoms with Gasteiger partial charge in [-0.3, -0.25) is 0 Å². The quantitative estimate of drug-likeness (QED) is 0.531. The van der Waals surface area contributed by atoms with Crippen molar-refractivity contribution in [2.45, 2.75) is 78.8 Å². The molecule has 0 N–H and O–H groups in total. The molecule has 0 bridgehead atoms. The highest BCUT2D eigenvalue weighted by molar-refractivity contribution is 4.97. The van der Waals surface area contributed by atoms with Gasteiger partial charge in [-0.15, -0.1) is 0 Å². The Hall–Kier alpha value is -0.460. The lowest BCUT2D eigenvalue weighted by molar-refractivity contribution is 0.223. The molecule has 1 heteroatoms. The SMILES string of the molecule is C=C(CCCCCC)N(C(C)C)C(C)C. The summed E-state index contributed by atoms with van der Waals surface area (Å²) in [5, 5.41) is 0. The van der Waals surface area contributed by atoms with Crippen molar-refractivity contribution in [2.24, 2.45) is 0 Å². The molecular formula is C14H29N. The van der Waals surface area contributed by atoms with Crippen LogP contribution < -0.4 is 0 Å². The Balaban J connectivity index is 3.93. The van der Waals surface area contributed by atoms with Gasteiger partial charge in [-0.25, -0.2) is 0 Å². The van der Waals surface area contributed by atoms with E-state index in [0.29, 0.717) is 12.1 Å². The third-order valence-electron chi connectivity index (χ3n) is 2.80. The van der Waals surface area contributed by atoms with Crippen molar-refractivity contribution in [3.63, 3.8) is 0 Å². The highest BCUT2D eigenvalue weighted by atomic mass is 15.2. The van der Waals surface area contributed by atoms with Crippen LogP contribution in [0.5, 0.6) is 0 Å². The van der Waals surface area contributed by atoms with E-state index in [1.54, 1.807) is 0 Å². The summed E-state index contributed by atoms with van der Waals surface area (Å²) in [6.07, 6.45) is 6.47. The minimum atomic E-state index is 0.573. The molecule has 0 aliphatic rings. The maximum Gasteiger partial charge on any atom is 0.0233 e. The number of nitrogens with zero attached hydrogens (tertiary/aromatic N) is 1. The summed E-state index contributed by atoms with van der Waals surface area (Å²) in [5.74, 6) is 0. The number of hydrogen-bond donors (Lipinski definition) is 0. The Bertz CT molecular complexity index is 162. The number of allylic oxidation sites excluding steroid dienone is 1. The van der Waals surface area contributed by atoms with Crippen molar-refractivity contribution in [1.29, 1.82) is 0 Å². The minimum absolute atomic E-state index is 0.573. The third kappa shape index (κ3) is 5.86. The van der Waals surface area contributed by atoms with Gasteiger partial charge in [0.15, 0.2) is 0 Å². The number of unbranched alkanes of at least 4 members (excludes halogenated alkanes) is 3. The second-order valence-electron chi connectivity index (χ2n) is 4.97. The highest BCUT2D eigenvalue weighted by Gasteiger charge is 2.14. The molecule has 90 valence electrons. The molecule has 0 spiro atoms. The summed E-state index contributed by atoms with van der Waals surface area (Å²) in [6.45, 7) is 15.5. The lowest BCUT2D eigenvalue weighted by Crippen LogP contribution is -2.35. The van der Waals surface area contributed by atoms with Crippen molar-refractivity contribution in [3.05, 3.63) is 12.3 Å². The van der Waals surface area contributed by atoms with E-state index in [0.717, 1.165) is 6.42 Å². The molecule has 0 aromatic heterocycles. The molecular weight excluding hydrogens is 182 g/mol. The zero-order valence-electron chi connectivity index (χ0n) is 11.3. The lowest BCUT2D eigenvalue weighted by atomic mass is 10.1. The summed E-state index contributed by atoms with van der Waals surface area (Å²) < 4.78 is 0. The summed E-state index contributed by atoms with van der Waals surface area (Å²) in [4.78, 5) is 2.44. The molecule has 0 aromatic rings. The summed E-state index contributed by atoms with van der Waals surface area (Å²) in [7, 11) is 0. The molecule has 1 nitrogen and oxygen atoms in total. The standard InChI is InChI=1S/C14H29N/c1-7-8-9-10-11-14(6)15(12(2)3)13(4)5/h12-13H,6-11H2,1-5H3. The number of hydrogen-bond acceptors (Lipinski definition) is 1. The van der Waals surface area contributed by atoms with Crippen molar-refractivity contribution in [3.8, 4) is 0 Å². The van der Waals surface area contributed by atoms with E-state index < -0.39 is 0 Å². The van der Waals surface area contributed by atoms with Gasteiger partial charge in [-0.05, 0) is 40.5 Å². The Morgan fingerprint density at radius 1 is 1.00 bits per heavy atom. The first kappa shape index (κ1) is 14.5. The molecule has 0 aromatic carbocycles. The van der Waals surface area contributed by atoms with Crippen molar-refractivity contribution >= 4 is 0 Å². The van der Waals surface area contributed by atoms with Crippen LogP contribution in [0.3, 0.4) is 0 Å². The van der Waals surface area contributed by atoms with E-state index in [4.69, 9.17) is 0 Å². The van der Waals surface area contributed by atoms with Crippen LogP contribution in [-0.4, -0.2) is 17.0 Å². The molecule has 0 rings (SSSR count). The maximum atomic E-state index is 4.22.